The van der Waals surface area contributed by atoms with Crippen LogP contribution in [0.15, 0.2) is 42.7 Å². The van der Waals surface area contributed by atoms with Gasteiger partial charge in [0.25, 0.3) is 5.91 Å². The quantitative estimate of drug-likeness (QED) is 0.770. The van der Waals surface area contributed by atoms with Crippen LogP contribution in [0, 0.1) is 5.82 Å². The number of carbonyl (C=O) groups is 2. The number of amides is 2. The fraction of sp³-hybridized carbons (Fsp3) is 0.0625. The molecule has 0 aliphatic carbocycles. The zero-order chi connectivity index (χ0) is 16.4. The standard InChI is InChI=1S/C16H12FN3O2S/c1-9(21)19-12-4-5-18-8-13(12)20-16(22)15-6-10-2-3-11(17)7-14(10)23-15/h2-8H,1H3,(H,20,22)(H,18,19,21). The minimum Gasteiger partial charge on any atom is -0.324 e. The molecule has 7 heteroatoms. The molecule has 0 spiro atoms. The van der Waals surface area contributed by atoms with Crippen LogP contribution in [0.3, 0.4) is 0 Å². The van der Waals surface area contributed by atoms with Crippen molar-refractivity contribution in [3.8, 4) is 0 Å². The van der Waals surface area contributed by atoms with E-state index in [1.807, 2.05) is 0 Å². The highest BCUT2D eigenvalue weighted by atomic mass is 32.1. The van der Waals surface area contributed by atoms with Gasteiger partial charge < -0.3 is 10.6 Å². The maximum absolute atomic E-state index is 13.2. The Balaban J connectivity index is 1.87. The van der Waals surface area contributed by atoms with Crippen molar-refractivity contribution < 1.29 is 14.0 Å². The monoisotopic (exact) mass is 329 g/mol. The van der Waals surface area contributed by atoms with Gasteiger partial charge in [0.05, 0.1) is 22.4 Å². The zero-order valence-electron chi connectivity index (χ0n) is 12.1. The summed E-state index contributed by atoms with van der Waals surface area (Å²) in [7, 11) is 0. The molecule has 0 atom stereocenters. The molecule has 2 aromatic heterocycles. The van der Waals surface area contributed by atoms with Crippen molar-refractivity contribution in [3.05, 3.63) is 53.4 Å². The van der Waals surface area contributed by atoms with E-state index in [2.05, 4.69) is 15.6 Å². The molecule has 2 amide bonds. The summed E-state index contributed by atoms with van der Waals surface area (Å²) in [6.45, 7) is 1.38. The number of pyridine rings is 1. The number of nitrogens with one attached hydrogen (secondary N) is 2. The summed E-state index contributed by atoms with van der Waals surface area (Å²) in [5.74, 6) is -0.929. The van der Waals surface area contributed by atoms with E-state index in [9.17, 15) is 14.0 Å². The number of fused-ring (bicyclic) bond motifs is 1. The summed E-state index contributed by atoms with van der Waals surface area (Å²) in [5.41, 5.74) is 0.865. The highest BCUT2D eigenvalue weighted by Gasteiger charge is 2.13. The summed E-state index contributed by atoms with van der Waals surface area (Å²) in [6.07, 6.45) is 2.97. The van der Waals surface area contributed by atoms with Crippen LogP contribution in [-0.2, 0) is 4.79 Å². The Morgan fingerprint density at radius 1 is 1.13 bits per heavy atom. The molecule has 0 aliphatic rings. The van der Waals surface area contributed by atoms with Crippen LogP contribution in [0.1, 0.15) is 16.6 Å². The summed E-state index contributed by atoms with van der Waals surface area (Å²) < 4.78 is 13.9. The molecule has 23 heavy (non-hydrogen) atoms. The summed E-state index contributed by atoms with van der Waals surface area (Å²) >= 11 is 1.20. The zero-order valence-corrected chi connectivity index (χ0v) is 12.9. The maximum Gasteiger partial charge on any atom is 0.265 e. The van der Waals surface area contributed by atoms with Crippen LogP contribution in [0.25, 0.3) is 10.1 Å². The van der Waals surface area contributed by atoms with Crippen molar-refractivity contribution in [2.75, 3.05) is 10.6 Å². The average Bonchev–Trinajstić information content (AvgIpc) is 2.92. The molecule has 3 rings (SSSR count). The second-order valence-electron chi connectivity index (χ2n) is 4.85. The lowest BCUT2D eigenvalue weighted by atomic mass is 10.2. The Labute approximate surface area is 135 Å². The number of aromatic nitrogens is 1. The molecular weight excluding hydrogens is 317 g/mol. The predicted molar refractivity (Wildman–Crippen MR) is 88.3 cm³/mol. The topological polar surface area (TPSA) is 71.1 Å². The Bertz CT molecular complexity index is 907. The van der Waals surface area contributed by atoms with Crippen LogP contribution in [0.4, 0.5) is 15.8 Å². The molecule has 0 aliphatic heterocycles. The van der Waals surface area contributed by atoms with Gasteiger partial charge in [0.1, 0.15) is 5.82 Å². The van der Waals surface area contributed by atoms with E-state index < -0.39 is 0 Å². The SMILES string of the molecule is CC(=O)Nc1ccncc1NC(=O)c1cc2ccc(F)cc2s1. The van der Waals surface area contributed by atoms with E-state index in [4.69, 9.17) is 0 Å². The lowest BCUT2D eigenvalue weighted by molar-refractivity contribution is -0.114. The van der Waals surface area contributed by atoms with Gasteiger partial charge in [-0.1, -0.05) is 6.07 Å². The van der Waals surface area contributed by atoms with Gasteiger partial charge in [-0.05, 0) is 29.7 Å². The van der Waals surface area contributed by atoms with Gasteiger partial charge in [-0.2, -0.15) is 0 Å². The van der Waals surface area contributed by atoms with E-state index in [0.717, 1.165) is 5.39 Å². The van der Waals surface area contributed by atoms with Crippen LogP contribution in [0.5, 0.6) is 0 Å². The van der Waals surface area contributed by atoms with Crippen molar-refractivity contribution in [1.82, 2.24) is 4.98 Å². The fourth-order valence-electron chi connectivity index (χ4n) is 2.09. The van der Waals surface area contributed by atoms with E-state index in [1.165, 1.54) is 42.8 Å². The minimum atomic E-state index is -0.341. The van der Waals surface area contributed by atoms with E-state index in [0.29, 0.717) is 21.0 Å². The predicted octanol–water partition coefficient (Wildman–Crippen LogP) is 3.65. The van der Waals surface area contributed by atoms with Crippen molar-refractivity contribution in [2.24, 2.45) is 0 Å². The first kappa shape index (κ1) is 15.1. The van der Waals surface area contributed by atoms with Crippen molar-refractivity contribution in [3.63, 3.8) is 0 Å². The van der Waals surface area contributed by atoms with Gasteiger partial charge in [-0.15, -0.1) is 11.3 Å². The van der Waals surface area contributed by atoms with Crippen LogP contribution >= 0.6 is 11.3 Å². The summed E-state index contributed by atoms with van der Waals surface area (Å²) in [4.78, 5) is 28.0. The molecule has 116 valence electrons. The third-order valence-electron chi connectivity index (χ3n) is 3.09. The van der Waals surface area contributed by atoms with Crippen LogP contribution < -0.4 is 10.6 Å². The molecule has 0 fully saturated rings. The van der Waals surface area contributed by atoms with Gasteiger partial charge in [-0.3, -0.25) is 14.6 Å². The molecule has 0 unspecified atom stereocenters. The number of benzene rings is 1. The molecule has 3 aromatic rings. The fourth-order valence-corrected chi connectivity index (χ4v) is 3.08. The van der Waals surface area contributed by atoms with Crippen molar-refractivity contribution >= 4 is 44.6 Å². The molecular formula is C16H12FN3O2S. The Hall–Kier alpha value is -2.80. The molecule has 5 nitrogen and oxygen atoms in total. The largest absolute Gasteiger partial charge is 0.324 e. The normalized spacial score (nSPS) is 10.5. The Morgan fingerprint density at radius 3 is 2.74 bits per heavy atom. The minimum absolute atomic E-state index is 0.246. The molecule has 2 heterocycles. The lowest BCUT2D eigenvalue weighted by Gasteiger charge is -2.09. The van der Waals surface area contributed by atoms with Gasteiger partial charge in [0.15, 0.2) is 0 Å². The Morgan fingerprint density at radius 2 is 1.96 bits per heavy atom. The first-order valence-corrected chi connectivity index (χ1v) is 7.56. The molecule has 0 radical (unpaired) electrons. The number of halogens is 1. The third-order valence-corrected chi connectivity index (χ3v) is 4.18. The van der Waals surface area contributed by atoms with Gasteiger partial charge in [0, 0.05) is 17.8 Å². The average molecular weight is 329 g/mol. The summed E-state index contributed by atoms with van der Waals surface area (Å²) in [6, 6.07) is 7.67. The molecule has 0 saturated heterocycles. The lowest BCUT2D eigenvalue weighted by Crippen LogP contribution is -2.14. The number of hydrogen-bond donors (Lipinski definition) is 2. The highest BCUT2D eigenvalue weighted by Crippen LogP contribution is 2.28. The van der Waals surface area contributed by atoms with Crippen LogP contribution in [-0.4, -0.2) is 16.8 Å². The molecule has 2 N–H and O–H groups in total. The number of carbonyl (C=O) groups excluding carboxylic acids is 2. The van der Waals surface area contributed by atoms with E-state index in [1.54, 1.807) is 18.2 Å². The second kappa shape index (κ2) is 6.13. The maximum atomic E-state index is 13.2. The van der Waals surface area contributed by atoms with Gasteiger partial charge >= 0.3 is 0 Å². The van der Waals surface area contributed by atoms with Gasteiger partial charge in [0.2, 0.25) is 5.91 Å². The van der Waals surface area contributed by atoms with Crippen molar-refractivity contribution in [1.29, 1.82) is 0 Å². The van der Waals surface area contributed by atoms with E-state index >= 15 is 0 Å². The number of hydrogen-bond acceptors (Lipinski definition) is 4. The first-order chi connectivity index (χ1) is 11.0. The smallest absolute Gasteiger partial charge is 0.265 e. The molecule has 0 saturated carbocycles. The Kier molecular flexibility index (Phi) is 4.03. The number of nitrogens with zero attached hydrogens (tertiary/aromatic N) is 1. The van der Waals surface area contributed by atoms with E-state index in [-0.39, 0.29) is 17.6 Å². The van der Waals surface area contributed by atoms with Crippen LogP contribution in [0.2, 0.25) is 0 Å². The summed E-state index contributed by atoms with van der Waals surface area (Å²) in [5, 5.41) is 6.13. The molecule has 0 bridgehead atoms. The van der Waals surface area contributed by atoms with Gasteiger partial charge in [-0.25, -0.2) is 4.39 Å². The first-order valence-electron chi connectivity index (χ1n) is 6.75. The molecule has 1 aromatic carbocycles. The van der Waals surface area contributed by atoms with Crippen molar-refractivity contribution in [2.45, 2.75) is 6.92 Å². The number of thiophene rings is 1. The number of rotatable bonds is 3. The number of anilines is 2. The highest BCUT2D eigenvalue weighted by molar-refractivity contribution is 7.20. The third kappa shape index (κ3) is 3.35. The second-order valence-corrected chi connectivity index (χ2v) is 5.93.